The minimum Gasteiger partial charge on any atom is -0.310 e. The van der Waals surface area contributed by atoms with Gasteiger partial charge in [0, 0.05) is 37.2 Å². The van der Waals surface area contributed by atoms with Crippen molar-refractivity contribution in [1.82, 2.24) is 0 Å². The number of rotatable bonds is 6. The molecule has 2 heteroatoms. The van der Waals surface area contributed by atoms with E-state index in [9.17, 15) is 0 Å². The fourth-order valence-electron chi connectivity index (χ4n) is 6.78. The van der Waals surface area contributed by atoms with Crippen molar-refractivity contribution in [3.05, 3.63) is 188 Å². The smallest absolute Gasteiger partial charge is 0.0468 e. The van der Waals surface area contributed by atoms with E-state index >= 15 is 0 Å². The van der Waals surface area contributed by atoms with Gasteiger partial charge in [-0.3, -0.25) is 0 Å². The molecule has 1 nitrogen and oxygen atoms in total. The molecule has 0 bridgehead atoms. The van der Waals surface area contributed by atoms with Crippen LogP contribution in [0.25, 0.3) is 64.3 Å². The Hall–Kier alpha value is -5.96. The highest BCUT2D eigenvalue weighted by Crippen LogP contribution is 2.41. The molecule has 0 spiro atoms. The van der Waals surface area contributed by atoms with Gasteiger partial charge in [0.05, 0.1) is 0 Å². The first kappa shape index (κ1) is 28.3. The SMILES string of the molecule is c1ccc(-c2ccc(N(c3ccc(-c4cccc(-c5ccc6ccccc6c5)c4)cc3)c3ccc4sc5ccccc5c4c3)cc2)cc1. The summed E-state index contributed by atoms with van der Waals surface area (Å²) in [7, 11) is 0. The predicted molar refractivity (Wildman–Crippen MR) is 208 cm³/mol. The Kier molecular flexibility index (Phi) is 7.07. The van der Waals surface area contributed by atoms with Gasteiger partial charge in [0.25, 0.3) is 0 Å². The van der Waals surface area contributed by atoms with E-state index in [1.54, 1.807) is 0 Å². The third kappa shape index (κ3) is 5.23. The average molecular weight is 630 g/mol. The fraction of sp³-hybridized carbons (Fsp3) is 0. The Morgan fingerprint density at radius 2 is 0.812 bits per heavy atom. The van der Waals surface area contributed by atoms with Crippen LogP contribution in [0.2, 0.25) is 0 Å². The molecule has 0 N–H and O–H groups in total. The molecule has 9 aromatic rings. The van der Waals surface area contributed by atoms with Crippen LogP contribution in [0.5, 0.6) is 0 Å². The van der Waals surface area contributed by atoms with Gasteiger partial charge in [-0.15, -0.1) is 11.3 Å². The molecule has 0 saturated carbocycles. The maximum Gasteiger partial charge on any atom is 0.0468 e. The quantitative estimate of drug-likeness (QED) is 0.177. The third-order valence-corrected chi connectivity index (χ3v) is 10.4. The monoisotopic (exact) mass is 629 g/mol. The van der Waals surface area contributed by atoms with Crippen LogP contribution in [0.1, 0.15) is 0 Å². The summed E-state index contributed by atoms with van der Waals surface area (Å²) < 4.78 is 2.62. The summed E-state index contributed by atoms with van der Waals surface area (Å²) >= 11 is 1.85. The maximum atomic E-state index is 2.37. The molecular formula is C46H31NS. The summed E-state index contributed by atoms with van der Waals surface area (Å²) in [5.41, 5.74) is 10.7. The molecule has 1 heterocycles. The van der Waals surface area contributed by atoms with Gasteiger partial charge < -0.3 is 4.90 Å². The molecule has 0 saturated heterocycles. The van der Waals surface area contributed by atoms with Crippen molar-refractivity contribution < 1.29 is 0 Å². The lowest BCUT2D eigenvalue weighted by Crippen LogP contribution is -2.09. The summed E-state index contributed by atoms with van der Waals surface area (Å²) in [5.74, 6) is 0. The first-order chi connectivity index (χ1) is 23.8. The Bertz CT molecular complexity index is 2540. The normalized spacial score (nSPS) is 11.3. The molecule has 8 aromatic carbocycles. The van der Waals surface area contributed by atoms with E-state index in [1.807, 2.05) is 11.3 Å². The Labute approximate surface area is 284 Å². The second-order valence-corrected chi connectivity index (χ2v) is 13.3. The molecule has 0 aliphatic rings. The second-order valence-electron chi connectivity index (χ2n) is 12.2. The first-order valence-corrected chi connectivity index (χ1v) is 17.2. The van der Waals surface area contributed by atoms with E-state index in [0.717, 1.165) is 17.1 Å². The maximum absolute atomic E-state index is 2.37. The zero-order valence-corrected chi connectivity index (χ0v) is 27.1. The van der Waals surface area contributed by atoms with E-state index in [-0.39, 0.29) is 0 Å². The molecule has 226 valence electrons. The third-order valence-electron chi connectivity index (χ3n) is 9.26. The van der Waals surface area contributed by atoms with E-state index in [1.165, 1.54) is 64.3 Å². The van der Waals surface area contributed by atoms with Crippen molar-refractivity contribution in [3.8, 4) is 33.4 Å². The number of thiophene rings is 1. The molecule has 1 aromatic heterocycles. The number of hydrogen-bond acceptors (Lipinski definition) is 2. The van der Waals surface area contributed by atoms with Crippen molar-refractivity contribution in [3.63, 3.8) is 0 Å². The van der Waals surface area contributed by atoms with Crippen molar-refractivity contribution in [2.24, 2.45) is 0 Å². The van der Waals surface area contributed by atoms with Crippen LogP contribution in [0, 0.1) is 0 Å². The van der Waals surface area contributed by atoms with Crippen LogP contribution in [-0.2, 0) is 0 Å². The zero-order chi connectivity index (χ0) is 31.9. The van der Waals surface area contributed by atoms with Crippen LogP contribution in [0.3, 0.4) is 0 Å². The predicted octanol–water partition coefficient (Wildman–Crippen LogP) is 13.7. The number of nitrogens with zero attached hydrogens (tertiary/aromatic N) is 1. The largest absolute Gasteiger partial charge is 0.310 e. The summed E-state index contributed by atoms with van der Waals surface area (Å²) in [5, 5.41) is 5.12. The number of anilines is 3. The van der Waals surface area contributed by atoms with Crippen LogP contribution in [0.4, 0.5) is 17.1 Å². The molecule has 0 amide bonds. The van der Waals surface area contributed by atoms with Gasteiger partial charge in [0.2, 0.25) is 0 Å². The van der Waals surface area contributed by atoms with Gasteiger partial charge in [0.15, 0.2) is 0 Å². The molecule has 0 unspecified atom stereocenters. The van der Waals surface area contributed by atoms with Crippen molar-refractivity contribution in [1.29, 1.82) is 0 Å². The van der Waals surface area contributed by atoms with Gasteiger partial charge in [-0.2, -0.15) is 0 Å². The number of fused-ring (bicyclic) bond motifs is 4. The topological polar surface area (TPSA) is 3.24 Å². The molecule has 48 heavy (non-hydrogen) atoms. The minimum absolute atomic E-state index is 1.12. The molecule has 0 radical (unpaired) electrons. The van der Waals surface area contributed by atoms with Crippen molar-refractivity contribution in [2.75, 3.05) is 4.90 Å². The van der Waals surface area contributed by atoms with E-state index < -0.39 is 0 Å². The Balaban J connectivity index is 1.11. The van der Waals surface area contributed by atoms with Crippen molar-refractivity contribution >= 4 is 59.3 Å². The van der Waals surface area contributed by atoms with E-state index in [2.05, 4.69) is 193 Å². The van der Waals surface area contributed by atoms with Crippen LogP contribution < -0.4 is 4.90 Å². The second kappa shape index (κ2) is 12.0. The fourth-order valence-corrected chi connectivity index (χ4v) is 7.87. The zero-order valence-electron chi connectivity index (χ0n) is 26.3. The molecule has 0 aliphatic carbocycles. The molecule has 9 rings (SSSR count). The summed E-state index contributed by atoms with van der Waals surface area (Å²) in [6, 6.07) is 68.2. The van der Waals surface area contributed by atoms with Gasteiger partial charge in [-0.05, 0) is 105 Å². The Morgan fingerprint density at radius 1 is 0.292 bits per heavy atom. The lowest BCUT2D eigenvalue weighted by Gasteiger charge is -2.26. The van der Waals surface area contributed by atoms with Gasteiger partial charge >= 0.3 is 0 Å². The molecule has 0 aliphatic heterocycles. The van der Waals surface area contributed by atoms with E-state index in [0.29, 0.717) is 0 Å². The highest BCUT2D eigenvalue weighted by Gasteiger charge is 2.16. The lowest BCUT2D eigenvalue weighted by molar-refractivity contribution is 1.29. The van der Waals surface area contributed by atoms with Gasteiger partial charge in [0.1, 0.15) is 0 Å². The van der Waals surface area contributed by atoms with Gasteiger partial charge in [-0.25, -0.2) is 0 Å². The first-order valence-electron chi connectivity index (χ1n) is 16.3. The highest BCUT2D eigenvalue weighted by molar-refractivity contribution is 7.25. The van der Waals surface area contributed by atoms with Crippen LogP contribution in [-0.4, -0.2) is 0 Å². The molecule has 0 atom stereocenters. The standard InChI is InChI=1S/C46H31NS/c1-2-9-32(10-3-1)34-19-23-40(24-20-34)47(42-27-28-46-44(31-42)43-15-6-7-16-45(43)48-46)41-25-21-35(22-26-41)37-13-8-14-38(29-37)39-18-17-33-11-4-5-12-36(33)30-39/h1-31H. The van der Waals surface area contributed by atoms with Crippen LogP contribution >= 0.6 is 11.3 Å². The van der Waals surface area contributed by atoms with E-state index in [4.69, 9.17) is 0 Å². The number of benzene rings is 8. The minimum atomic E-state index is 1.12. The molecule has 0 fully saturated rings. The highest BCUT2D eigenvalue weighted by atomic mass is 32.1. The summed E-state index contributed by atoms with van der Waals surface area (Å²) in [4.78, 5) is 2.37. The Morgan fingerprint density at radius 3 is 1.58 bits per heavy atom. The summed E-state index contributed by atoms with van der Waals surface area (Å²) in [6.45, 7) is 0. The van der Waals surface area contributed by atoms with Crippen molar-refractivity contribution in [2.45, 2.75) is 0 Å². The lowest BCUT2D eigenvalue weighted by atomic mass is 9.97. The number of hydrogen-bond donors (Lipinski definition) is 0. The average Bonchev–Trinajstić information content (AvgIpc) is 3.54. The summed E-state index contributed by atoms with van der Waals surface area (Å²) in [6.07, 6.45) is 0. The van der Waals surface area contributed by atoms with Crippen LogP contribution in [0.15, 0.2) is 188 Å². The van der Waals surface area contributed by atoms with Gasteiger partial charge in [-0.1, -0.05) is 127 Å². The molecular weight excluding hydrogens is 599 g/mol.